The minimum Gasteiger partial charge on any atom is -0.480 e. The smallest absolute Gasteiger partial charge is 0.328 e. The number of nitrogens with two attached hydrogens (primary N) is 2. The van der Waals surface area contributed by atoms with Crippen LogP contribution >= 0.6 is 11.8 Å². The number of aliphatic hydroxyl groups is 1. The normalized spacial score (nSPS) is 14.9. The fourth-order valence-corrected chi connectivity index (χ4v) is 2.91. The van der Waals surface area contributed by atoms with Gasteiger partial charge in [0.1, 0.15) is 12.1 Å². The third kappa shape index (κ3) is 11.0. The zero-order chi connectivity index (χ0) is 22.4. The molecule has 0 spiro atoms. The van der Waals surface area contributed by atoms with Gasteiger partial charge in [0.25, 0.3) is 0 Å². The molecule has 3 amide bonds. The average Bonchev–Trinajstić information content (AvgIpc) is 2.67. The van der Waals surface area contributed by atoms with Gasteiger partial charge in [0.05, 0.1) is 12.6 Å². The lowest BCUT2D eigenvalue weighted by Gasteiger charge is -2.25. The van der Waals surface area contributed by atoms with Crippen LogP contribution in [0.2, 0.25) is 0 Å². The number of aliphatic hydroxyl groups excluding tert-OH is 1. The van der Waals surface area contributed by atoms with Crippen molar-refractivity contribution in [3.8, 4) is 0 Å². The summed E-state index contributed by atoms with van der Waals surface area (Å²) in [6.45, 7) is 1.39. The number of carbonyl (C=O) groups excluding carboxylic acids is 3. The third-order valence-electron chi connectivity index (χ3n) is 4.07. The number of carboxylic acids is 1. The summed E-state index contributed by atoms with van der Waals surface area (Å²) in [6, 6.07) is -3.43. The van der Waals surface area contributed by atoms with Gasteiger partial charge in [-0.05, 0) is 51.2 Å². The molecule has 0 aromatic heterocycles. The molecule has 0 heterocycles. The van der Waals surface area contributed by atoms with Gasteiger partial charge >= 0.3 is 5.97 Å². The standard InChI is InChI=1S/C17H33N5O6S/c1-10(23)14(17(27)28)22-16(26)12(6-8-29-2)21-15(25)11(5-3-4-7-18)20-13(24)9-19/h10-12,14,23H,3-9,18-19H2,1-2H3,(H,20,24)(H,21,25)(H,22,26)(H,27,28). The number of nitrogens with one attached hydrogen (secondary N) is 3. The molecule has 0 aromatic rings. The molecule has 0 radical (unpaired) electrons. The van der Waals surface area contributed by atoms with Gasteiger partial charge in [0.2, 0.25) is 17.7 Å². The largest absolute Gasteiger partial charge is 0.480 e. The van der Waals surface area contributed by atoms with E-state index in [4.69, 9.17) is 16.6 Å². The fourth-order valence-electron chi connectivity index (χ4n) is 2.43. The van der Waals surface area contributed by atoms with Crippen molar-refractivity contribution >= 4 is 35.5 Å². The number of hydrogen-bond donors (Lipinski definition) is 7. The number of carbonyl (C=O) groups is 4. The molecular weight excluding hydrogens is 402 g/mol. The van der Waals surface area contributed by atoms with Crippen LogP contribution in [0.25, 0.3) is 0 Å². The molecule has 0 aliphatic rings. The van der Waals surface area contributed by atoms with Gasteiger partial charge in [-0.15, -0.1) is 0 Å². The molecule has 11 nitrogen and oxygen atoms in total. The van der Waals surface area contributed by atoms with E-state index in [0.29, 0.717) is 31.6 Å². The molecule has 0 fully saturated rings. The molecule has 0 aliphatic heterocycles. The summed E-state index contributed by atoms with van der Waals surface area (Å²) in [4.78, 5) is 48.0. The summed E-state index contributed by atoms with van der Waals surface area (Å²) in [5.74, 6) is -2.68. The van der Waals surface area contributed by atoms with E-state index in [1.807, 2.05) is 6.26 Å². The van der Waals surface area contributed by atoms with Crippen molar-refractivity contribution in [3.63, 3.8) is 0 Å². The summed E-state index contributed by atoms with van der Waals surface area (Å²) >= 11 is 1.45. The number of unbranched alkanes of at least 4 members (excludes halogenated alkanes) is 1. The fraction of sp³-hybridized carbons (Fsp3) is 0.765. The molecule has 12 heteroatoms. The van der Waals surface area contributed by atoms with Gasteiger partial charge in [-0.2, -0.15) is 11.8 Å². The van der Waals surface area contributed by atoms with E-state index < -0.39 is 47.9 Å². The van der Waals surface area contributed by atoms with E-state index in [1.54, 1.807) is 0 Å². The molecule has 0 saturated carbocycles. The van der Waals surface area contributed by atoms with Crippen LogP contribution in [0.4, 0.5) is 0 Å². The minimum atomic E-state index is -1.51. The van der Waals surface area contributed by atoms with E-state index in [0.717, 1.165) is 0 Å². The lowest BCUT2D eigenvalue weighted by Crippen LogP contribution is -2.57. The van der Waals surface area contributed by atoms with Crippen LogP contribution in [0.1, 0.15) is 32.6 Å². The highest BCUT2D eigenvalue weighted by Crippen LogP contribution is 2.06. The number of hydrogen-bond acceptors (Lipinski definition) is 8. The zero-order valence-electron chi connectivity index (χ0n) is 16.8. The second kappa shape index (κ2) is 15.0. The van der Waals surface area contributed by atoms with Crippen LogP contribution in [0.3, 0.4) is 0 Å². The van der Waals surface area contributed by atoms with Crippen molar-refractivity contribution in [3.05, 3.63) is 0 Å². The van der Waals surface area contributed by atoms with E-state index in [-0.39, 0.29) is 13.0 Å². The van der Waals surface area contributed by atoms with E-state index in [2.05, 4.69) is 16.0 Å². The molecular formula is C17H33N5O6S. The van der Waals surface area contributed by atoms with Gasteiger partial charge in [-0.25, -0.2) is 4.79 Å². The summed E-state index contributed by atoms with van der Waals surface area (Å²) in [7, 11) is 0. The molecule has 0 rings (SSSR count). The molecule has 9 N–H and O–H groups in total. The summed E-state index contributed by atoms with van der Waals surface area (Å²) in [5, 5.41) is 26.0. The van der Waals surface area contributed by atoms with Crippen LogP contribution in [0.15, 0.2) is 0 Å². The lowest BCUT2D eigenvalue weighted by atomic mass is 10.1. The van der Waals surface area contributed by atoms with Crippen molar-refractivity contribution in [2.75, 3.05) is 25.1 Å². The van der Waals surface area contributed by atoms with Crippen molar-refractivity contribution in [2.24, 2.45) is 11.5 Å². The Labute approximate surface area is 174 Å². The Bertz CT molecular complexity index is 548. The topological polar surface area (TPSA) is 197 Å². The Hall–Kier alpha value is -1.89. The second-order valence-electron chi connectivity index (χ2n) is 6.52. The van der Waals surface area contributed by atoms with Crippen molar-refractivity contribution < 1.29 is 29.4 Å². The molecule has 168 valence electrons. The third-order valence-corrected chi connectivity index (χ3v) is 4.72. The van der Waals surface area contributed by atoms with Crippen LogP contribution in [-0.4, -0.2) is 83.2 Å². The maximum absolute atomic E-state index is 12.7. The minimum absolute atomic E-state index is 0.241. The number of aliphatic carboxylic acids is 1. The first-order valence-electron chi connectivity index (χ1n) is 9.37. The molecule has 0 aromatic carbocycles. The highest BCUT2D eigenvalue weighted by molar-refractivity contribution is 7.98. The van der Waals surface area contributed by atoms with Crippen LogP contribution in [0.5, 0.6) is 0 Å². The molecule has 0 bridgehead atoms. The Kier molecular flexibility index (Phi) is 14.0. The van der Waals surface area contributed by atoms with Gasteiger partial charge in [0.15, 0.2) is 6.04 Å². The van der Waals surface area contributed by atoms with Crippen molar-refractivity contribution in [1.82, 2.24) is 16.0 Å². The molecule has 0 saturated heterocycles. The monoisotopic (exact) mass is 435 g/mol. The van der Waals surface area contributed by atoms with Gasteiger partial charge in [-0.1, -0.05) is 0 Å². The Morgan fingerprint density at radius 2 is 1.55 bits per heavy atom. The SMILES string of the molecule is CSCCC(NC(=O)C(CCCCN)NC(=O)CN)C(=O)NC(C(=O)O)C(C)O. The summed E-state index contributed by atoms with van der Waals surface area (Å²) < 4.78 is 0. The van der Waals surface area contributed by atoms with Crippen LogP contribution < -0.4 is 27.4 Å². The number of carboxylic acid groups (broad SMARTS) is 1. The maximum Gasteiger partial charge on any atom is 0.328 e. The lowest BCUT2D eigenvalue weighted by molar-refractivity contribution is -0.145. The Morgan fingerprint density at radius 1 is 0.966 bits per heavy atom. The summed E-state index contributed by atoms with van der Waals surface area (Å²) in [6.07, 6.45) is 2.31. The zero-order valence-corrected chi connectivity index (χ0v) is 17.7. The quantitative estimate of drug-likeness (QED) is 0.139. The Morgan fingerprint density at radius 3 is 2.03 bits per heavy atom. The van der Waals surface area contributed by atoms with E-state index in [9.17, 15) is 24.3 Å². The maximum atomic E-state index is 12.7. The van der Waals surface area contributed by atoms with E-state index in [1.165, 1.54) is 18.7 Å². The molecule has 4 atom stereocenters. The Balaban J connectivity index is 5.25. The second-order valence-corrected chi connectivity index (χ2v) is 7.50. The van der Waals surface area contributed by atoms with Gasteiger partial charge in [0, 0.05) is 0 Å². The predicted molar refractivity (Wildman–Crippen MR) is 110 cm³/mol. The number of thioether (sulfide) groups is 1. The number of rotatable bonds is 15. The summed E-state index contributed by atoms with van der Waals surface area (Å²) in [5.41, 5.74) is 10.7. The first kappa shape index (κ1) is 27.1. The van der Waals surface area contributed by atoms with Crippen molar-refractivity contribution in [2.45, 2.75) is 56.8 Å². The van der Waals surface area contributed by atoms with Gasteiger partial charge < -0.3 is 37.6 Å². The average molecular weight is 436 g/mol. The van der Waals surface area contributed by atoms with E-state index >= 15 is 0 Å². The molecule has 0 aliphatic carbocycles. The highest BCUT2D eigenvalue weighted by Gasteiger charge is 2.31. The van der Waals surface area contributed by atoms with Gasteiger partial charge in [-0.3, -0.25) is 14.4 Å². The molecule has 29 heavy (non-hydrogen) atoms. The number of amides is 3. The van der Waals surface area contributed by atoms with Crippen LogP contribution in [0, 0.1) is 0 Å². The van der Waals surface area contributed by atoms with Crippen LogP contribution in [-0.2, 0) is 19.2 Å². The highest BCUT2D eigenvalue weighted by atomic mass is 32.2. The first-order valence-corrected chi connectivity index (χ1v) is 10.8. The molecule has 4 unspecified atom stereocenters. The first-order chi connectivity index (χ1) is 13.7. The predicted octanol–water partition coefficient (Wildman–Crippen LogP) is -2.25. The van der Waals surface area contributed by atoms with Crippen molar-refractivity contribution in [1.29, 1.82) is 0 Å².